The van der Waals surface area contributed by atoms with E-state index in [0.29, 0.717) is 5.92 Å². The highest BCUT2D eigenvalue weighted by Gasteiger charge is 2.44. The van der Waals surface area contributed by atoms with Crippen LogP contribution in [0.25, 0.3) is 5.57 Å². The number of fused-ring (bicyclic) bond motifs is 1. The molecule has 1 aromatic rings. The Morgan fingerprint density at radius 2 is 2.13 bits per heavy atom. The van der Waals surface area contributed by atoms with Gasteiger partial charge < -0.3 is 14.8 Å². The first kappa shape index (κ1) is 16.4. The topological polar surface area (TPSA) is 30.5 Å². The molecule has 0 aliphatic carbocycles. The van der Waals surface area contributed by atoms with Gasteiger partial charge in [0.25, 0.3) is 5.79 Å². The Bertz CT molecular complexity index is 581. The lowest BCUT2D eigenvalue weighted by molar-refractivity contribution is -0.114. The molecule has 0 amide bonds. The minimum atomic E-state index is -0.532. The van der Waals surface area contributed by atoms with Gasteiger partial charge in [0, 0.05) is 24.9 Å². The number of ether oxygens (including phenoxy) is 2. The zero-order valence-electron chi connectivity index (χ0n) is 14.7. The van der Waals surface area contributed by atoms with Crippen molar-refractivity contribution in [2.45, 2.75) is 58.7 Å². The van der Waals surface area contributed by atoms with Gasteiger partial charge in [-0.05, 0) is 37.4 Å². The molecular formula is C20H29NO2. The Balaban J connectivity index is 1.86. The number of rotatable bonds is 6. The van der Waals surface area contributed by atoms with Gasteiger partial charge in [0.2, 0.25) is 0 Å². The van der Waals surface area contributed by atoms with Crippen molar-refractivity contribution in [2.75, 3.05) is 13.1 Å². The van der Waals surface area contributed by atoms with Crippen molar-refractivity contribution in [1.29, 1.82) is 0 Å². The number of unbranched alkanes of at least 4 members (excludes halogenated alkanes) is 1. The minimum absolute atomic E-state index is 0.421. The molecule has 23 heavy (non-hydrogen) atoms. The predicted molar refractivity (Wildman–Crippen MR) is 94.9 cm³/mol. The van der Waals surface area contributed by atoms with Gasteiger partial charge >= 0.3 is 0 Å². The Labute approximate surface area is 140 Å². The van der Waals surface area contributed by atoms with Crippen LogP contribution < -0.4 is 14.8 Å². The molecule has 0 aromatic heterocycles. The first-order valence-electron chi connectivity index (χ1n) is 9.09. The maximum absolute atomic E-state index is 6.45. The van der Waals surface area contributed by atoms with Gasteiger partial charge in [0.15, 0.2) is 11.5 Å². The third-order valence-corrected chi connectivity index (χ3v) is 5.15. The maximum atomic E-state index is 6.45. The van der Waals surface area contributed by atoms with Crippen molar-refractivity contribution in [1.82, 2.24) is 5.32 Å². The van der Waals surface area contributed by atoms with Crippen LogP contribution >= 0.6 is 0 Å². The minimum Gasteiger partial charge on any atom is -0.448 e. The van der Waals surface area contributed by atoms with Crippen LogP contribution in [-0.4, -0.2) is 18.9 Å². The summed E-state index contributed by atoms with van der Waals surface area (Å²) in [5, 5.41) is 3.37. The molecule has 3 rings (SSSR count). The molecule has 1 aromatic carbocycles. The molecule has 0 spiro atoms. The Kier molecular flexibility index (Phi) is 4.96. The van der Waals surface area contributed by atoms with Gasteiger partial charge in [-0.3, -0.25) is 0 Å². The number of para-hydroxylation sites is 1. The Hall–Kier alpha value is -1.48. The second kappa shape index (κ2) is 6.96. The van der Waals surface area contributed by atoms with E-state index < -0.39 is 5.79 Å². The van der Waals surface area contributed by atoms with E-state index in [2.05, 4.69) is 44.3 Å². The van der Waals surface area contributed by atoms with E-state index >= 15 is 0 Å². The van der Waals surface area contributed by atoms with Crippen molar-refractivity contribution in [3.63, 3.8) is 0 Å². The number of nitrogens with one attached hydrogen (secondary N) is 1. The summed E-state index contributed by atoms with van der Waals surface area (Å²) in [6.45, 7) is 8.55. The molecule has 0 saturated carbocycles. The Morgan fingerprint density at radius 3 is 2.83 bits per heavy atom. The fraction of sp³-hybridized carbons (Fsp3) is 0.600. The molecule has 1 N–H and O–H groups in total. The molecular weight excluding hydrogens is 286 g/mol. The van der Waals surface area contributed by atoms with Gasteiger partial charge in [-0.25, -0.2) is 0 Å². The highest BCUT2D eigenvalue weighted by atomic mass is 16.7. The van der Waals surface area contributed by atoms with E-state index in [9.17, 15) is 0 Å². The first-order chi connectivity index (χ1) is 11.2. The molecule has 0 fully saturated rings. The summed E-state index contributed by atoms with van der Waals surface area (Å²) in [5.74, 6) is 1.73. The normalized spacial score (nSPS) is 24.4. The van der Waals surface area contributed by atoms with Crippen LogP contribution in [0.2, 0.25) is 0 Å². The lowest BCUT2D eigenvalue weighted by atomic mass is 9.91. The van der Waals surface area contributed by atoms with Crippen LogP contribution in [0.4, 0.5) is 0 Å². The van der Waals surface area contributed by atoms with E-state index in [-0.39, 0.29) is 0 Å². The van der Waals surface area contributed by atoms with Crippen molar-refractivity contribution in [3.8, 4) is 11.5 Å². The third kappa shape index (κ3) is 3.25. The zero-order valence-corrected chi connectivity index (χ0v) is 14.7. The molecule has 2 aliphatic rings. The summed E-state index contributed by atoms with van der Waals surface area (Å²) in [7, 11) is 0. The number of benzene rings is 1. The SMILES string of the molecule is CCCCC(CC)C1(C)Oc2cccc(C3=CCNCC3)c2O1. The quantitative estimate of drug-likeness (QED) is 0.820. The van der Waals surface area contributed by atoms with Crippen LogP contribution in [0.5, 0.6) is 11.5 Å². The standard InChI is InChI=1S/C20H29NO2/c1-4-6-8-16(5-2)20(3)22-18-10-7-9-17(19(18)23-20)15-11-13-21-14-12-15/h7,9-11,16,21H,4-6,8,12-14H2,1-3H3. The highest BCUT2D eigenvalue weighted by molar-refractivity contribution is 5.74. The van der Waals surface area contributed by atoms with E-state index in [0.717, 1.165) is 43.9 Å². The molecule has 2 unspecified atom stereocenters. The van der Waals surface area contributed by atoms with E-state index in [4.69, 9.17) is 9.47 Å². The van der Waals surface area contributed by atoms with Gasteiger partial charge in [-0.2, -0.15) is 0 Å². The summed E-state index contributed by atoms with van der Waals surface area (Å²) in [4.78, 5) is 0. The van der Waals surface area contributed by atoms with Gasteiger partial charge in [0.05, 0.1) is 0 Å². The average molecular weight is 315 g/mol. The summed E-state index contributed by atoms with van der Waals surface area (Å²) >= 11 is 0. The second-order valence-corrected chi connectivity index (χ2v) is 6.78. The fourth-order valence-corrected chi connectivity index (χ4v) is 3.72. The van der Waals surface area contributed by atoms with Crippen molar-refractivity contribution >= 4 is 5.57 Å². The zero-order chi connectivity index (χ0) is 16.3. The van der Waals surface area contributed by atoms with E-state index in [1.165, 1.54) is 24.0 Å². The molecule has 2 aliphatic heterocycles. The van der Waals surface area contributed by atoms with Gasteiger partial charge in [0.1, 0.15) is 0 Å². The monoisotopic (exact) mass is 315 g/mol. The molecule has 2 atom stereocenters. The fourth-order valence-electron chi connectivity index (χ4n) is 3.72. The molecule has 0 saturated heterocycles. The third-order valence-electron chi connectivity index (χ3n) is 5.15. The van der Waals surface area contributed by atoms with E-state index in [1.54, 1.807) is 0 Å². The van der Waals surface area contributed by atoms with Crippen LogP contribution in [0.3, 0.4) is 0 Å². The summed E-state index contributed by atoms with van der Waals surface area (Å²) in [6.07, 6.45) is 7.98. The van der Waals surface area contributed by atoms with Crippen LogP contribution in [0.15, 0.2) is 24.3 Å². The maximum Gasteiger partial charge on any atom is 0.251 e. The molecule has 3 nitrogen and oxygen atoms in total. The molecule has 3 heteroatoms. The average Bonchev–Trinajstić information content (AvgIpc) is 2.93. The smallest absolute Gasteiger partial charge is 0.251 e. The highest BCUT2D eigenvalue weighted by Crippen LogP contribution is 2.48. The van der Waals surface area contributed by atoms with Crippen LogP contribution in [0, 0.1) is 5.92 Å². The van der Waals surface area contributed by atoms with Gasteiger partial charge in [-0.1, -0.05) is 44.9 Å². The Morgan fingerprint density at radius 1 is 1.26 bits per heavy atom. The second-order valence-electron chi connectivity index (χ2n) is 6.78. The van der Waals surface area contributed by atoms with Gasteiger partial charge in [-0.15, -0.1) is 0 Å². The van der Waals surface area contributed by atoms with Crippen LogP contribution in [0.1, 0.15) is 58.4 Å². The lowest BCUT2D eigenvalue weighted by Crippen LogP contribution is -2.43. The predicted octanol–water partition coefficient (Wildman–Crippen LogP) is 4.77. The van der Waals surface area contributed by atoms with Crippen molar-refractivity contribution in [3.05, 3.63) is 29.8 Å². The molecule has 2 heterocycles. The number of hydrogen-bond donors (Lipinski definition) is 1. The summed E-state index contributed by atoms with van der Waals surface area (Å²) < 4.78 is 12.8. The molecule has 126 valence electrons. The number of hydrogen-bond acceptors (Lipinski definition) is 3. The van der Waals surface area contributed by atoms with Crippen molar-refractivity contribution < 1.29 is 9.47 Å². The first-order valence-corrected chi connectivity index (χ1v) is 9.09. The molecule has 0 bridgehead atoms. The van der Waals surface area contributed by atoms with Crippen molar-refractivity contribution in [2.24, 2.45) is 5.92 Å². The molecule has 0 radical (unpaired) electrons. The van der Waals surface area contributed by atoms with E-state index in [1.807, 2.05) is 6.07 Å². The summed E-state index contributed by atoms with van der Waals surface area (Å²) in [6, 6.07) is 6.29. The lowest BCUT2D eigenvalue weighted by Gasteiger charge is -2.32. The summed E-state index contributed by atoms with van der Waals surface area (Å²) in [5.41, 5.74) is 2.58. The van der Waals surface area contributed by atoms with Crippen LogP contribution in [-0.2, 0) is 0 Å². The largest absolute Gasteiger partial charge is 0.448 e.